The second-order valence-electron chi connectivity index (χ2n) is 8.23. The molecule has 2 aromatic carbocycles. The van der Waals surface area contributed by atoms with Crippen molar-refractivity contribution in [3.8, 4) is 11.1 Å². The zero-order chi connectivity index (χ0) is 22.9. The van der Waals surface area contributed by atoms with Crippen LogP contribution in [0.15, 0.2) is 58.2 Å². The van der Waals surface area contributed by atoms with Crippen molar-refractivity contribution in [3.63, 3.8) is 0 Å². The third-order valence-electron chi connectivity index (χ3n) is 6.00. The highest BCUT2D eigenvalue weighted by molar-refractivity contribution is 6.10. The number of rotatable bonds is 4. The van der Waals surface area contributed by atoms with Crippen molar-refractivity contribution < 1.29 is 14.1 Å². The minimum absolute atomic E-state index is 0.142. The summed E-state index contributed by atoms with van der Waals surface area (Å²) in [6.07, 6.45) is 3.19. The first-order valence-corrected chi connectivity index (χ1v) is 10.8. The number of aromatic amines is 1. The van der Waals surface area contributed by atoms with Gasteiger partial charge < -0.3 is 24.5 Å². The molecule has 5 rings (SSSR count). The topological polar surface area (TPSA) is 100 Å². The van der Waals surface area contributed by atoms with Crippen LogP contribution in [0, 0.1) is 13.8 Å². The number of benzene rings is 2. The highest BCUT2D eigenvalue weighted by Crippen LogP contribution is 2.30. The minimum atomic E-state index is -0.209. The van der Waals surface area contributed by atoms with E-state index in [1.807, 2.05) is 44.2 Å². The number of anilines is 2. The van der Waals surface area contributed by atoms with Crippen molar-refractivity contribution in [2.45, 2.75) is 13.8 Å². The van der Waals surface area contributed by atoms with E-state index in [1.54, 1.807) is 18.5 Å². The van der Waals surface area contributed by atoms with Crippen LogP contribution in [0.25, 0.3) is 22.0 Å². The van der Waals surface area contributed by atoms with Crippen LogP contribution in [-0.4, -0.2) is 42.4 Å². The molecule has 0 saturated carbocycles. The van der Waals surface area contributed by atoms with Gasteiger partial charge in [0.05, 0.1) is 25.0 Å². The monoisotopic (exact) mass is 444 g/mol. The number of aryl methyl sites for hydroxylation is 2. The molecule has 33 heavy (non-hydrogen) atoms. The van der Waals surface area contributed by atoms with Gasteiger partial charge in [0, 0.05) is 47.0 Å². The standard InChI is InChI=1S/C25H24N4O4/c1-15-10-24(30)27-22-9-16(2)21(12-19(15)22)28-25(31)20-11-17(18-13-26-33-14-18)3-4-23(20)29-5-7-32-8-6-29/h3-4,9-14H,5-8H2,1-2H3,(H,27,30)(H,28,31). The number of carbonyl (C=O) groups is 1. The summed E-state index contributed by atoms with van der Waals surface area (Å²) in [4.78, 5) is 30.4. The molecule has 0 spiro atoms. The number of hydrogen-bond acceptors (Lipinski definition) is 6. The molecule has 4 aromatic rings. The fourth-order valence-corrected chi connectivity index (χ4v) is 4.23. The van der Waals surface area contributed by atoms with Crippen LogP contribution >= 0.6 is 0 Å². The van der Waals surface area contributed by atoms with Gasteiger partial charge in [0.15, 0.2) is 0 Å². The highest BCUT2D eigenvalue weighted by Gasteiger charge is 2.21. The second kappa shape index (κ2) is 8.55. The predicted octanol–water partition coefficient (Wildman–Crippen LogP) is 3.89. The van der Waals surface area contributed by atoms with Crippen LogP contribution in [0.1, 0.15) is 21.5 Å². The number of fused-ring (bicyclic) bond motifs is 1. The number of pyridine rings is 1. The van der Waals surface area contributed by atoms with E-state index in [2.05, 4.69) is 20.4 Å². The quantitative estimate of drug-likeness (QED) is 0.495. The van der Waals surface area contributed by atoms with Gasteiger partial charge in [-0.1, -0.05) is 11.2 Å². The maximum absolute atomic E-state index is 13.6. The van der Waals surface area contributed by atoms with Crippen LogP contribution in [-0.2, 0) is 4.74 Å². The molecule has 0 radical (unpaired) electrons. The summed E-state index contributed by atoms with van der Waals surface area (Å²) in [6, 6.07) is 11.1. The Balaban J connectivity index is 1.55. The van der Waals surface area contributed by atoms with Gasteiger partial charge in [-0.05, 0) is 54.8 Å². The van der Waals surface area contributed by atoms with E-state index in [0.29, 0.717) is 37.6 Å². The van der Waals surface area contributed by atoms with Gasteiger partial charge >= 0.3 is 0 Å². The van der Waals surface area contributed by atoms with Crippen molar-refractivity contribution >= 4 is 28.2 Å². The van der Waals surface area contributed by atoms with E-state index in [9.17, 15) is 9.59 Å². The van der Waals surface area contributed by atoms with Crippen LogP contribution in [0.4, 0.5) is 11.4 Å². The summed E-state index contributed by atoms with van der Waals surface area (Å²) >= 11 is 0. The molecule has 8 nitrogen and oxygen atoms in total. The van der Waals surface area contributed by atoms with Gasteiger partial charge in [0.1, 0.15) is 6.26 Å². The molecule has 1 amide bonds. The molecule has 2 aromatic heterocycles. The van der Waals surface area contributed by atoms with Crippen molar-refractivity contribution in [1.29, 1.82) is 0 Å². The molecule has 0 aliphatic carbocycles. The van der Waals surface area contributed by atoms with E-state index in [0.717, 1.165) is 38.8 Å². The maximum atomic E-state index is 13.6. The van der Waals surface area contributed by atoms with Crippen LogP contribution in [0.3, 0.4) is 0 Å². The summed E-state index contributed by atoms with van der Waals surface area (Å²) in [5, 5.41) is 7.76. The number of amides is 1. The average molecular weight is 444 g/mol. The zero-order valence-corrected chi connectivity index (χ0v) is 18.5. The molecule has 1 fully saturated rings. The number of carbonyl (C=O) groups excluding carboxylic acids is 1. The Morgan fingerprint density at radius 3 is 2.64 bits per heavy atom. The number of ether oxygens (including phenoxy) is 1. The third kappa shape index (κ3) is 4.12. The molecule has 1 aliphatic rings. The number of nitrogens with one attached hydrogen (secondary N) is 2. The van der Waals surface area contributed by atoms with Crippen LogP contribution in [0.2, 0.25) is 0 Å². The molecular weight excluding hydrogens is 420 g/mol. The summed E-state index contributed by atoms with van der Waals surface area (Å²) in [5.74, 6) is -0.209. The lowest BCUT2D eigenvalue weighted by Crippen LogP contribution is -2.37. The van der Waals surface area contributed by atoms with Crippen LogP contribution < -0.4 is 15.8 Å². The molecule has 0 unspecified atom stereocenters. The van der Waals surface area contributed by atoms with E-state index in [-0.39, 0.29) is 11.5 Å². The Bertz CT molecular complexity index is 1390. The van der Waals surface area contributed by atoms with Gasteiger partial charge in [0.2, 0.25) is 5.56 Å². The van der Waals surface area contributed by atoms with E-state index in [4.69, 9.17) is 9.26 Å². The van der Waals surface area contributed by atoms with Gasteiger partial charge in [-0.25, -0.2) is 0 Å². The molecule has 0 atom stereocenters. The maximum Gasteiger partial charge on any atom is 0.257 e. The van der Waals surface area contributed by atoms with Crippen molar-refractivity contribution in [1.82, 2.24) is 10.1 Å². The van der Waals surface area contributed by atoms with Gasteiger partial charge in [-0.2, -0.15) is 0 Å². The SMILES string of the molecule is Cc1cc2[nH]c(=O)cc(C)c2cc1NC(=O)c1cc(-c2cnoc2)ccc1N1CCOCC1. The fourth-order valence-electron chi connectivity index (χ4n) is 4.23. The number of aromatic nitrogens is 2. The third-order valence-corrected chi connectivity index (χ3v) is 6.00. The van der Waals surface area contributed by atoms with Crippen LogP contribution in [0.5, 0.6) is 0 Å². The summed E-state index contributed by atoms with van der Waals surface area (Å²) in [5.41, 5.74) is 6.10. The fraction of sp³-hybridized carbons (Fsp3) is 0.240. The number of nitrogens with zero attached hydrogens (tertiary/aromatic N) is 2. The molecule has 0 bridgehead atoms. The lowest BCUT2D eigenvalue weighted by molar-refractivity contribution is 0.102. The normalized spacial score (nSPS) is 13.9. The number of hydrogen-bond donors (Lipinski definition) is 2. The highest BCUT2D eigenvalue weighted by atomic mass is 16.5. The summed E-state index contributed by atoms with van der Waals surface area (Å²) in [6.45, 7) is 6.47. The molecule has 1 saturated heterocycles. The average Bonchev–Trinajstić information content (AvgIpc) is 3.35. The van der Waals surface area contributed by atoms with Crippen molar-refractivity contribution in [2.24, 2.45) is 0 Å². The van der Waals surface area contributed by atoms with Gasteiger partial charge in [0.25, 0.3) is 5.91 Å². The Labute approximate surface area is 190 Å². The second-order valence-corrected chi connectivity index (χ2v) is 8.23. The van der Waals surface area contributed by atoms with E-state index < -0.39 is 0 Å². The number of morpholine rings is 1. The number of H-pyrrole nitrogens is 1. The lowest BCUT2D eigenvalue weighted by Gasteiger charge is -2.30. The Kier molecular flexibility index (Phi) is 5.43. The Hall–Kier alpha value is -3.91. The zero-order valence-electron chi connectivity index (χ0n) is 18.5. The van der Waals surface area contributed by atoms with E-state index >= 15 is 0 Å². The molecule has 8 heteroatoms. The molecular formula is C25H24N4O4. The first-order valence-electron chi connectivity index (χ1n) is 10.8. The smallest absolute Gasteiger partial charge is 0.257 e. The van der Waals surface area contributed by atoms with Crippen molar-refractivity contribution in [3.05, 3.63) is 75.9 Å². The Morgan fingerprint density at radius 2 is 1.88 bits per heavy atom. The largest absolute Gasteiger partial charge is 0.378 e. The van der Waals surface area contributed by atoms with E-state index in [1.165, 1.54) is 0 Å². The first kappa shape index (κ1) is 21.0. The summed E-state index contributed by atoms with van der Waals surface area (Å²) < 4.78 is 10.5. The minimum Gasteiger partial charge on any atom is -0.378 e. The molecule has 3 heterocycles. The van der Waals surface area contributed by atoms with Gasteiger partial charge in [-0.3, -0.25) is 9.59 Å². The van der Waals surface area contributed by atoms with Crippen molar-refractivity contribution in [2.75, 3.05) is 36.5 Å². The molecule has 1 aliphatic heterocycles. The Morgan fingerprint density at radius 1 is 1.06 bits per heavy atom. The molecule has 168 valence electrons. The molecule has 2 N–H and O–H groups in total. The predicted molar refractivity (Wildman–Crippen MR) is 127 cm³/mol. The lowest BCUT2D eigenvalue weighted by atomic mass is 10.0. The van der Waals surface area contributed by atoms with Gasteiger partial charge in [-0.15, -0.1) is 0 Å². The summed E-state index contributed by atoms with van der Waals surface area (Å²) in [7, 11) is 0. The first-order chi connectivity index (χ1) is 16.0.